The van der Waals surface area contributed by atoms with Gasteiger partial charge in [-0.3, -0.25) is 4.79 Å². The van der Waals surface area contributed by atoms with E-state index in [-0.39, 0.29) is 5.91 Å². The lowest BCUT2D eigenvalue weighted by molar-refractivity contribution is 0.0585. The number of rotatable bonds is 6. The minimum atomic E-state index is 0.184. The number of carbonyl (C=O) groups is 1. The van der Waals surface area contributed by atoms with Crippen LogP contribution < -0.4 is 4.90 Å². The molecule has 2 heterocycles. The van der Waals surface area contributed by atoms with Crippen molar-refractivity contribution in [3.05, 3.63) is 29.3 Å². The monoisotopic (exact) mass is 360 g/mol. The fourth-order valence-electron chi connectivity index (χ4n) is 4.14. The van der Waals surface area contributed by atoms with Crippen LogP contribution in [0.5, 0.6) is 0 Å². The molecule has 0 aromatic heterocycles. The minimum Gasteiger partial charge on any atom is -0.385 e. The third-order valence-electron chi connectivity index (χ3n) is 5.57. The van der Waals surface area contributed by atoms with E-state index in [1.165, 1.54) is 17.7 Å². The first-order valence-electron chi connectivity index (χ1n) is 9.94. The number of carbonyl (C=O) groups excluding carboxylic acids is 1. The molecule has 0 bridgehead atoms. The first-order valence-corrected chi connectivity index (χ1v) is 9.94. The molecule has 2 aliphatic rings. The zero-order valence-electron chi connectivity index (χ0n) is 16.2. The van der Waals surface area contributed by atoms with Gasteiger partial charge in [-0.1, -0.05) is 0 Å². The number of nitrogens with zero attached hydrogens (tertiary/aromatic N) is 2. The number of piperidine rings is 1. The Kier molecular flexibility index (Phi) is 6.92. The van der Waals surface area contributed by atoms with Crippen molar-refractivity contribution in [3.63, 3.8) is 0 Å². The van der Waals surface area contributed by atoms with Crippen LogP contribution in [0.2, 0.25) is 0 Å². The maximum Gasteiger partial charge on any atom is 0.254 e. The van der Waals surface area contributed by atoms with E-state index in [1.807, 2.05) is 6.07 Å². The van der Waals surface area contributed by atoms with Crippen LogP contribution in [0.1, 0.15) is 48.0 Å². The summed E-state index contributed by atoms with van der Waals surface area (Å²) in [6.45, 7) is 7.14. The smallest absolute Gasteiger partial charge is 0.254 e. The van der Waals surface area contributed by atoms with Gasteiger partial charge in [0.2, 0.25) is 0 Å². The molecule has 2 saturated heterocycles. The fraction of sp³-hybridized carbons (Fsp3) is 0.667. The number of likely N-dealkylation sites (tertiary alicyclic amines) is 1. The molecule has 1 aromatic rings. The second-order valence-corrected chi connectivity index (χ2v) is 7.38. The van der Waals surface area contributed by atoms with E-state index in [0.29, 0.717) is 6.04 Å². The SMILES string of the molecule is COCCC[C@@H]1CCCCN1C(=O)c1ccc(N2CCOCC2)c(C)c1. The van der Waals surface area contributed by atoms with E-state index in [1.54, 1.807) is 7.11 Å². The number of morpholine rings is 1. The van der Waals surface area contributed by atoms with E-state index in [0.717, 1.165) is 70.7 Å². The molecule has 0 aliphatic carbocycles. The molecule has 26 heavy (non-hydrogen) atoms. The van der Waals surface area contributed by atoms with E-state index in [4.69, 9.17) is 9.47 Å². The Hall–Kier alpha value is -1.59. The molecule has 1 amide bonds. The fourth-order valence-corrected chi connectivity index (χ4v) is 4.14. The van der Waals surface area contributed by atoms with E-state index >= 15 is 0 Å². The lowest BCUT2D eigenvalue weighted by Gasteiger charge is -2.36. The average Bonchev–Trinajstić information content (AvgIpc) is 2.68. The Morgan fingerprint density at radius 1 is 1.23 bits per heavy atom. The molecule has 5 nitrogen and oxygen atoms in total. The van der Waals surface area contributed by atoms with Gasteiger partial charge in [0.1, 0.15) is 0 Å². The first-order chi connectivity index (χ1) is 12.7. The Bertz CT molecular complexity index is 599. The van der Waals surface area contributed by atoms with Crippen LogP contribution in [-0.2, 0) is 9.47 Å². The zero-order valence-corrected chi connectivity index (χ0v) is 16.2. The van der Waals surface area contributed by atoms with Crippen molar-refractivity contribution in [1.29, 1.82) is 0 Å². The summed E-state index contributed by atoms with van der Waals surface area (Å²) >= 11 is 0. The van der Waals surface area contributed by atoms with Gasteiger partial charge in [-0.2, -0.15) is 0 Å². The maximum absolute atomic E-state index is 13.1. The summed E-state index contributed by atoms with van der Waals surface area (Å²) in [5, 5.41) is 0. The number of benzene rings is 1. The van der Waals surface area contributed by atoms with Crippen molar-refractivity contribution in [2.75, 3.05) is 51.5 Å². The Balaban J connectivity index is 1.70. The quantitative estimate of drug-likeness (QED) is 0.731. The van der Waals surface area contributed by atoms with Crippen LogP contribution in [0, 0.1) is 6.92 Å². The number of aryl methyl sites for hydroxylation is 1. The highest BCUT2D eigenvalue weighted by Crippen LogP contribution is 2.26. The number of anilines is 1. The van der Waals surface area contributed by atoms with Crippen LogP contribution in [0.4, 0.5) is 5.69 Å². The largest absolute Gasteiger partial charge is 0.385 e. The van der Waals surface area contributed by atoms with Crippen LogP contribution >= 0.6 is 0 Å². The summed E-state index contributed by atoms with van der Waals surface area (Å²) in [6, 6.07) is 6.53. The van der Waals surface area contributed by atoms with E-state index in [2.05, 4.69) is 28.9 Å². The van der Waals surface area contributed by atoms with Crippen molar-refractivity contribution in [1.82, 2.24) is 4.90 Å². The van der Waals surface area contributed by atoms with Gasteiger partial charge in [0.05, 0.1) is 13.2 Å². The lowest BCUT2D eigenvalue weighted by Crippen LogP contribution is -2.44. The van der Waals surface area contributed by atoms with Gasteiger partial charge < -0.3 is 19.3 Å². The molecule has 0 saturated carbocycles. The number of hydrogen-bond acceptors (Lipinski definition) is 4. The predicted molar refractivity (Wildman–Crippen MR) is 104 cm³/mol. The Morgan fingerprint density at radius 2 is 2.04 bits per heavy atom. The molecule has 1 aromatic carbocycles. The maximum atomic E-state index is 13.1. The number of methoxy groups -OCH3 is 1. The Morgan fingerprint density at radius 3 is 2.77 bits per heavy atom. The molecule has 3 rings (SSSR count). The highest BCUT2D eigenvalue weighted by Gasteiger charge is 2.27. The molecule has 0 unspecified atom stereocenters. The zero-order chi connectivity index (χ0) is 18.4. The molecule has 1 atom stereocenters. The first kappa shape index (κ1) is 19.2. The molecule has 2 aliphatic heterocycles. The normalized spacial score (nSPS) is 21.1. The number of ether oxygens (including phenoxy) is 2. The van der Waals surface area contributed by atoms with Crippen molar-refractivity contribution >= 4 is 11.6 Å². The standard InChI is InChI=1S/C21H32N2O3/c1-17-16-18(8-9-20(17)22-11-14-26-15-12-22)21(24)23-10-4-3-6-19(23)7-5-13-25-2/h8-9,16,19H,3-7,10-15H2,1-2H3/t19-/m0/s1. The van der Waals surface area contributed by atoms with Gasteiger partial charge >= 0.3 is 0 Å². The second kappa shape index (κ2) is 9.38. The molecular formula is C21H32N2O3. The summed E-state index contributed by atoms with van der Waals surface area (Å²) in [7, 11) is 1.74. The molecule has 0 spiro atoms. The van der Waals surface area contributed by atoms with Gasteiger partial charge in [0, 0.05) is 50.6 Å². The molecular weight excluding hydrogens is 328 g/mol. The van der Waals surface area contributed by atoms with Crippen molar-refractivity contribution < 1.29 is 14.3 Å². The van der Waals surface area contributed by atoms with Crippen LogP contribution in [-0.4, -0.2) is 63.4 Å². The summed E-state index contributed by atoms with van der Waals surface area (Å²) < 4.78 is 10.6. The minimum absolute atomic E-state index is 0.184. The van der Waals surface area contributed by atoms with Crippen molar-refractivity contribution in [2.24, 2.45) is 0 Å². The highest BCUT2D eigenvalue weighted by atomic mass is 16.5. The van der Waals surface area contributed by atoms with Gasteiger partial charge in [0.25, 0.3) is 5.91 Å². The van der Waals surface area contributed by atoms with Crippen LogP contribution in [0.3, 0.4) is 0 Å². The van der Waals surface area contributed by atoms with E-state index in [9.17, 15) is 4.79 Å². The van der Waals surface area contributed by atoms with Crippen LogP contribution in [0.15, 0.2) is 18.2 Å². The average molecular weight is 360 g/mol. The summed E-state index contributed by atoms with van der Waals surface area (Å²) in [4.78, 5) is 17.6. The van der Waals surface area contributed by atoms with Gasteiger partial charge in [-0.25, -0.2) is 0 Å². The molecule has 144 valence electrons. The third kappa shape index (κ3) is 4.57. The third-order valence-corrected chi connectivity index (χ3v) is 5.57. The molecule has 0 radical (unpaired) electrons. The summed E-state index contributed by atoms with van der Waals surface area (Å²) in [6.07, 6.45) is 5.48. The molecule has 5 heteroatoms. The second-order valence-electron chi connectivity index (χ2n) is 7.38. The van der Waals surface area contributed by atoms with Gasteiger partial charge in [-0.15, -0.1) is 0 Å². The van der Waals surface area contributed by atoms with Crippen LogP contribution in [0.25, 0.3) is 0 Å². The van der Waals surface area contributed by atoms with Crippen molar-refractivity contribution in [3.8, 4) is 0 Å². The molecule has 0 N–H and O–H groups in total. The predicted octanol–water partition coefficient (Wildman–Crippen LogP) is 3.25. The van der Waals surface area contributed by atoms with Crippen molar-refractivity contribution in [2.45, 2.75) is 45.1 Å². The van der Waals surface area contributed by atoms with Gasteiger partial charge in [-0.05, 0) is 62.8 Å². The molecule has 2 fully saturated rings. The lowest BCUT2D eigenvalue weighted by atomic mass is 9.96. The summed E-state index contributed by atoms with van der Waals surface area (Å²) in [5.74, 6) is 0.184. The van der Waals surface area contributed by atoms with Gasteiger partial charge in [0.15, 0.2) is 0 Å². The van der Waals surface area contributed by atoms with E-state index < -0.39 is 0 Å². The number of hydrogen-bond donors (Lipinski definition) is 0. The summed E-state index contributed by atoms with van der Waals surface area (Å²) in [5.41, 5.74) is 3.21. The Labute approximate surface area is 157 Å². The topological polar surface area (TPSA) is 42.0 Å². The number of amides is 1. The highest BCUT2D eigenvalue weighted by molar-refractivity contribution is 5.95.